The van der Waals surface area contributed by atoms with E-state index in [2.05, 4.69) is 16.5 Å². The molecule has 16 heavy (non-hydrogen) atoms. The highest BCUT2D eigenvalue weighted by Crippen LogP contribution is 2.11. The minimum Gasteiger partial charge on any atom is -0.508 e. The van der Waals surface area contributed by atoms with Crippen LogP contribution < -0.4 is 0 Å². The van der Waals surface area contributed by atoms with E-state index >= 15 is 0 Å². The molecule has 0 aromatic carbocycles. The van der Waals surface area contributed by atoms with E-state index in [0.29, 0.717) is 0 Å². The molecular formula is C12H12N2O2. The van der Waals surface area contributed by atoms with Crippen LogP contribution in [-0.4, -0.2) is 20.2 Å². The van der Waals surface area contributed by atoms with Crippen molar-refractivity contribution in [2.24, 2.45) is 0 Å². The molecule has 2 rings (SSSR count). The Kier molecular flexibility index (Phi) is 4.53. The maximum atomic E-state index is 8.61. The molecule has 0 radical (unpaired) electrons. The van der Waals surface area contributed by atoms with Crippen LogP contribution in [0.25, 0.3) is 6.08 Å². The molecule has 0 atom stereocenters. The highest BCUT2D eigenvalue weighted by atomic mass is 16.3. The van der Waals surface area contributed by atoms with Crippen molar-refractivity contribution in [3.63, 3.8) is 0 Å². The molecule has 0 saturated carbocycles. The van der Waals surface area contributed by atoms with E-state index in [9.17, 15) is 0 Å². The summed E-state index contributed by atoms with van der Waals surface area (Å²) in [5.74, 6) is -0.137. The number of rotatable bonds is 1. The van der Waals surface area contributed by atoms with Crippen molar-refractivity contribution in [3.8, 4) is 11.6 Å². The Labute approximate surface area is 93.6 Å². The minimum atomic E-state index is -0.162. The Morgan fingerprint density at radius 3 is 2.25 bits per heavy atom. The van der Waals surface area contributed by atoms with Gasteiger partial charge in [-0.1, -0.05) is 12.6 Å². The van der Waals surface area contributed by atoms with Crippen molar-refractivity contribution in [3.05, 3.63) is 55.0 Å². The summed E-state index contributed by atoms with van der Waals surface area (Å²) >= 11 is 0. The van der Waals surface area contributed by atoms with Crippen LogP contribution in [0.1, 0.15) is 5.69 Å². The molecule has 0 bridgehead atoms. The molecule has 0 aliphatic heterocycles. The van der Waals surface area contributed by atoms with Crippen molar-refractivity contribution in [2.75, 3.05) is 0 Å². The number of aromatic nitrogens is 2. The largest absolute Gasteiger partial charge is 0.508 e. The average molecular weight is 216 g/mol. The Balaban J connectivity index is 0.000000160. The van der Waals surface area contributed by atoms with E-state index in [-0.39, 0.29) is 11.6 Å². The minimum absolute atomic E-state index is 0.0255. The topological polar surface area (TPSA) is 66.2 Å². The van der Waals surface area contributed by atoms with Gasteiger partial charge in [-0.3, -0.25) is 4.98 Å². The van der Waals surface area contributed by atoms with Gasteiger partial charge in [0.05, 0.1) is 5.69 Å². The maximum absolute atomic E-state index is 8.61. The third kappa shape index (κ3) is 4.23. The van der Waals surface area contributed by atoms with E-state index in [4.69, 9.17) is 10.2 Å². The molecule has 4 nitrogen and oxygen atoms in total. The summed E-state index contributed by atoms with van der Waals surface area (Å²) in [7, 11) is 0. The molecule has 0 unspecified atom stereocenters. The number of nitrogens with zero attached hydrogens (tertiary/aromatic N) is 2. The fourth-order valence-corrected chi connectivity index (χ4v) is 0.904. The third-order valence-corrected chi connectivity index (χ3v) is 1.63. The number of pyridine rings is 2. The second-order valence-corrected chi connectivity index (χ2v) is 2.83. The maximum Gasteiger partial charge on any atom is 0.214 e. The zero-order valence-corrected chi connectivity index (χ0v) is 8.61. The molecule has 4 heteroatoms. The first-order chi connectivity index (χ1) is 7.72. The third-order valence-electron chi connectivity index (χ3n) is 1.63. The van der Waals surface area contributed by atoms with Gasteiger partial charge in [-0.2, -0.15) is 0 Å². The van der Waals surface area contributed by atoms with Crippen LogP contribution in [-0.2, 0) is 0 Å². The Morgan fingerprint density at radius 1 is 1.06 bits per heavy atom. The zero-order valence-electron chi connectivity index (χ0n) is 8.61. The van der Waals surface area contributed by atoms with Gasteiger partial charge in [0.15, 0.2) is 0 Å². The second-order valence-electron chi connectivity index (χ2n) is 2.83. The van der Waals surface area contributed by atoms with Crippen LogP contribution in [0.2, 0.25) is 0 Å². The van der Waals surface area contributed by atoms with Crippen molar-refractivity contribution >= 4 is 6.08 Å². The standard InChI is InChI=1S/C7H7N.C5H5NO2/c1-2-7-5-3-4-6-8-7;7-4-1-2-6-5(8)3-4/h2-6H,1H2;1-3H,(H2,6,7,8). The molecule has 0 aliphatic rings. The summed E-state index contributed by atoms with van der Waals surface area (Å²) in [5.41, 5.74) is 0.924. The molecule has 0 fully saturated rings. The first-order valence-corrected chi connectivity index (χ1v) is 4.60. The lowest BCUT2D eigenvalue weighted by Crippen LogP contribution is -1.73. The molecule has 2 heterocycles. The lowest BCUT2D eigenvalue weighted by atomic mass is 10.4. The van der Waals surface area contributed by atoms with Gasteiger partial charge in [-0.25, -0.2) is 4.98 Å². The fourth-order valence-electron chi connectivity index (χ4n) is 0.904. The van der Waals surface area contributed by atoms with Gasteiger partial charge in [0, 0.05) is 18.5 Å². The lowest BCUT2D eigenvalue weighted by Gasteiger charge is -1.88. The fraction of sp³-hybridized carbons (Fsp3) is 0. The normalized spacial score (nSPS) is 8.75. The Morgan fingerprint density at radius 2 is 1.88 bits per heavy atom. The lowest BCUT2D eigenvalue weighted by molar-refractivity contribution is 0.435. The van der Waals surface area contributed by atoms with Crippen molar-refractivity contribution in [1.82, 2.24) is 9.97 Å². The van der Waals surface area contributed by atoms with Crippen LogP contribution >= 0.6 is 0 Å². The van der Waals surface area contributed by atoms with Crippen molar-refractivity contribution in [1.29, 1.82) is 0 Å². The van der Waals surface area contributed by atoms with Gasteiger partial charge < -0.3 is 10.2 Å². The predicted octanol–water partition coefficient (Wildman–Crippen LogP) is 2.22. The second kappa shape index (κ2) is 6.19. The van der Waals surface area contributed by atoms with Gasteiger partial charge in [0.1, 0.15) is 5.75 Å². The summed E-state index contributed by atoms with van der Waals surface area (Å²) < 4.78 is 0. The van der Waals surface area contributed by atoms with Crippen LogP contribution in [0.3, 0.4) is 0 Å². The first kappa shape index (κ1) is 11.7. The van der Waals surface area contributed by atoms with Crippen LogP contribution in [0.4, 0.5) is 0 Å². The van der Waals surface area contributed by atoms with E-state index in [1.165, 1.54) is 18.3 Å². The molecule has 82 valence electrons. The molecule has 0 amide bonds. The smallest absolute Gasteiger partial charge is 0.214 e. The highest BCUT2D eigenvalue weighted by Gasteiger charge is 1.87. The number of hydrogen-bond acceptors (Lipinski definition) is 4. The summed E-state index contributed by atoms with van der Waals surface area (Å²) in [6, 6.07) is 8.28. The molecular weight excluding hydrogens is 204 g/mol. The molecule has 0 aliphatic carbocycles. The van der Waals surface area contributed by atoms with Crippen molar-refractivity contribution < 1.29 is 10.2 Å². The molecule has 2 aromatic rings. The molecule has 2 aromatic heterocycles. The summed E-state index contributed by atoms with van der Waals surface area (Å²) in [5, 5.41) is 17.2. The zero-order chi connectivity index (χ0) is 11.8. The Bertz CT molecular complexity index is 427. The van der Waals surface area contributed by atoms with Gasteiger partial charge in [0.2, 0.25) is 5.88 Å². The number of aromatic hydroxyl groups is 2. The SMILES string of the molecule is C=Cc1ccccn1.Oc1ccnc(O)c1. The summed E-state index contributed by atoms with van der Waals surface area (Å²) in [4.78, 5) is 7.41. The quantitative estimate of drug-likeness (QED) is 0.767. The number of hydrogen-bond donors (Lipinski definition) is 2. The van der Waals surface area contributed by atoms with Crippen molar-refractivity contribution in [2.45, 2.75) is 0 Å². The van der Waals surface area contributed by atoms with Gasteiger partial charge >= 0.3 is 0 Å². The highest BCUT2D eigenvalue weighted by molar-refractivity contribution is 5.40. The Hall–Kier alpha value is -2.36. The molecule has 2 N–H and O–H groups in total. The first-order valence-electron chi connectivity index (χ1n) is 4.60. The molecule has 0 spiro atoms. The van der Waals surface area contributed by atoms with Crippen LogP contribution in [0.5, 0.6) is 11.6 Å². The summed E-state index contributed by atoms with van der Waals surface area (Å²) in [6.45, 7) is 3.57. The summed E-state index contributed by atoms with van der Waals surface area (Å²) in [6.07, 6.45) is 4.79. The predicted molar refractivity (Wildman–Crippen MR) is 61.9 cm³/mol. The van der Waals surface area contributed by atoms with E-state index in [0.717, 1.165) is 5.69 Å². The monoisotopic (exact) mass is 216 g/mol. The van der Waals surface area contributed by atoms with E-state index in [1.54, 1.807) is 12.3 Å². The van der Waals surface area contributed by atoms with Gasteiger partial charge in [-0.15, -0.1) is 0 Å². The van der Waals surface area contributed by atoms with Crippen LogP contribution in [0.15, 0.2) is 49.3 Å². The van der Waals surface area contributed by atoms with E-state index < -0.39 is 0 Å². The average Bonchev–Trinajstić information content (AvgIpc) is 2.31. The van der Waals surface area contributed by atoms with Crippen LogP contribution in [0, 0.1) is 0 Å². The van der Waals surface area contributed by atoms with Gasteiger partial charge in [-0.05, 0) is 24.3 Å². The molecule has 0 saturated heterocycles. The van der Waals surface area contributed by atoms with Gasteiger partial charge in [0.25, 0.3) is 0 Å². The van der Waals surface area contributed by atoms with E-state index in [1.807, 2.05) is 18.2 Å².